The highest BCUT2D eigenvalue weighted by Gasteiger charge is 2.16. The number of carbonyl (C=O) groups is 2. The molecule has 0 spiro atoms. The Morgan fingerprint density at radius 3 is 2.76 bits per heavy atom. The number of hydrogen-bond donors (Lipinski definition) is 1. The smallest absolute Gasteiger partial charge is 0.355 e. The lowest BCUT2D eigenvalue weighted by Gasteiger charge is -2.16. The quantitative estimate of drug-likeness (QED) is 0.710. The van der Waals surface area contributed by atoms with Crippen molar-refractivity contribution in [3.63, 3.8) is 0 Å². The van der Waals surface area contributed by atoms with Crippen molar-refractivity contribution in [1.29, 1.82) is 0 Å². The van der Waals surface area contributed by atoms with Crippen LogP contribution >= 0.6 is 11.3 Å². The average Bonchev–Trinajstić information content (AvgIpc) is 3.21. The Hall–Kier alpha value is -2.60. The van der Waals surface area contributed by atoms with Crippen LogP contribution in [0.5, 0.6) is 0 Å². The molecule has 1 amide bonds. The number of hydrogen-bond acceptors (Lipinski definition) is 4. The summed E-state index contributed by atoms with van der Waals surface area (Å²) in [7, 11) is 1.70. The van der Waals surface area contributed by atoms with Crippen LogP contribution in [0, 0.1) is 13.8 Å². The minimum Gasteiger partial charge on any atom is -0.451 e. The highest BCUT2D eigenvalue weighted by atomic mass is 32.1. The summed E-state index contributed by atoms with van der Waals surface area (Å²) < 4.78 is 5.17. The van der Waals surface area contributed by atoms with Gasteiger partial charge in [-0.1, -0.05) is 6.07 Å². The van der Waals surface area contributed by atoms with Crippen molar-refractivity contribution in [2.75, 3.05) is 13.7 Å². The van der Waals surface area contributed by atoms with Crippen LogP contribution in [-0.2, 0) is 16.1 Å². The number of rotatable bonds is 5. The molecule has 5 nitrogen and oxygen atoms in total. The van der Waals surface area contributed by atoms with E-state index in [1.165, 1.54) is 0 Å². The molecule has 0 atom stereocenters. The van der Waals surface area contributed by atoms with Gasteiger partial charge in [-0.2, -0.15) is 11.3 Å². The number of ether oxygens (including phenoxy) is 1. The summed E-state index contributed by atoms with van der Waals surface area (Å²) >= 11 is 1.59. The maximum atomic E-state index is 12.2. The topological polar surface area (TPSA) is 62.4 Å². The first-order valence-corrected chi connectivity index (χ1v) is 8.90. The molecule has 0 saturated heterocycles. The van der Waals surface area contributed by atoms with E-state index >= 15 is 0 Å². The van der Waals surface area contributed by atoms with E-state index < -0.39 is 5.97 Å². The standard InChI is InChI=1S/C19H20N2O3S/c1-12-6-13(2)15-8-17(20-16(15)7-12)19(23)24-10-18(22)21(3)9-14-4-5-25-11-14/h4-8,11,20H,9-10H2,1-3H3. The first-order chi connectivity index (χ1) is 11.9. The second-order valence-electron chi connectivity index (χ2n) is 6.18. The lowest BCUT2D eigenvalue weighted by Crippen LogP contribution is -2.30. The van der Waals surface area contributed by atoms with E-state index in [1.807, 2.05) is 36.7 Å². The molecule has 0 aliphatic rings. The molecule has 1 N–H and O–H groups in total. The third-order valence-corrected chi connectivity index (χ3v) is 4.79. The first-order valence-electron chi connectivity index (χ1n) is 7.96. The fraction of sp³-hybridized carbons (Fsp3) is 0.263. The molecule has 3 aromatic rings. The van der Waals surface area contributed by atoms with Crippen LogP contribution in [-0.4, -0.2) is 35.4 Å². The van der Waals surface area contributed by atoms with E-state index in [-0.39, 0.29) is 12.5 Å². The zero-order valence-corrected chi connectivity index (χ0v) is 15.3. The highest BCUT2D eigenvalue weighted by Crippen LogP contribution is 2.21. The van der Waals surface area contributed by atoms with Gasteiger partial charge in [-0.25, -0.2) is 4.79 Å². The molecule has 0 bridgehead atoms. The summed E-state index contributed by atoms with van der Waals surface area (Å²) in [6, 6.07) is 7.79. The summed E-state index contributed by atoms with van der Waals surface area (Å²) in [5.41, 5.74) is 4.53. The lowest BCUT2D eigenvalue weighted by atomic mass is 10.1. The fourth-order valence-electron chi connectivity index (χ4n) is 2.77. The number of thiophene rings is 1. The Balaban J connectivity index is 1.62. The normalized spacial score (nSPS) is 10.8. The van der Waals surface area contributed by atoms with Crippen molar-refractivity contribution in [1.82, 2.24) is 9.88 Å². The third kappa shape index (κ3) is 3.91. The Kier molecular flexibility index (Phi) is 4.90. The molecule has 2 aromatic heterocycles. The number of H-pyrrole nitrogens is 1. The van der Waals surface area contributed by atoms with Crippen LogP contribution in [0.4, 0.5) is 0 Å². The van der Waals surface area contributed by atoms with Crippen LogP contribution in [0.25, 0.3) is 10.9 Å². The van der Waals surface area contributed by atoms with Crippen LogP contribution < -0.4 is 0 Å². The zero-order chi connectivity index (χ0) is 18.0. The number of aromatic nitrogens is 1. The Bertz CT molecular complexity index is 912. The van der Waals surface area contributed by atoms with Gasteiger partial charge in [0.05, 0.1) is 0 Å². The van der Waals surface area contributed by atoms with Gasteiger partial charge < -0.3 is 14.6 Å². The molecule has 6 heteroatoms. The lowest BCUT2D eigenvalue weighted by molar-refractivity contribution is -0.133. The van der Waals surface area contributed by atoms with Gasteiger partial charge >= 0.3 is 5.97 Å². The summed E-state index contributed by atoms with van der Waals surface area (Å²) in [4.78, 5) is 29.0. The SMILES string of the molecule is Cc1cc(C)c2cc(C(=O)OCC(=O)N(C)Cc3ccsc3)[nH]c2c1. The number of benzene rings is 1. The van der Waals surface area contributed by atoms with Crippen LogP contribution in [0.1, 0.15) is 27.2 Å². The molecule has 0 radical (unpaired) electrons. The predicted molar refractivity (Wildman–Crippen MR) is 98.8 cm³/mol. The van der Waals surface area contributed by atoms with Gasteiger partial charge in [0.25, 0.3) is 5.91 Å². The predicted octanol–water partition coefficient (Wildman–Crippen LogP) is 3.66. The second-order valence-corrected chi connectivity index (χ2v) is 6.96. The second kappa shape index (κ2) is 7.11. The summed E-state index contributed by atoms with van der Waals surface area (Å²) in [6.45, 7) is 4.24. The van der Waals surface area contributed by atoms with Gasteiger partial charge in [0, 0.05) is 24.5 Å². The number of aromatic amines is 1. The molecular weight excluding hydrogens is 336 g/mol. The first kappa shape index (κ1) is 17.2. The van der Waals surface area contributed by atoms with E-state index in [0.717, 1.165) is 27.6 Å². The summed E-state index contributed by atoms with van der Waals surface area (Å²) in [6.07, 6.45) is 0. The number of nitrogens with zero attached hydrogens (tertiary/aromatic N) is 1. The molecule has 0 aliphatic carbocycles. The van der Waals surface area contributed by atoms with Gasteiger partial charge in [0.1, 0.15) is 5.69 Å². The largest absolute Gasteiger partial charge is 0.451 e. The van der Waals surface area contributed by atoms with Crippen molar-refractivity contribution in [2.45, 2.75) is 20.4 Å². The maximum absolute atomic E-state index is 12.2. The molecule has 25 heavy (non-hydrogen) atoms. The number of carbonyl (C=O) groups excluding carboxylic acids is 2. The van der Waals surface area contributed by atoms with E-state index in [4.69, 9.17) is 4.74 Å². The number of nitrogens with one attached hydrogen (secondary N) is 1. The van der Waals surface area contributed by atoms with Gasteiger partial charge in [-0.15, -0.1) is 0 Å². The van der Waals surface area contributed by atoms with Crippen molar-refractivity contribution in [3.8, 4) is 0 Å². The number of esters is 1. The minimum atomic E-state index is -0.523. The maximum Gasteiger partial charge on any atom is 0.355 e. The van der Waals surface area contributed by atoms with Crippen LogP contribution in [0.2, 0.25) is 0 Å². The Morgan fingerprint density at radius 1 is 1.24 bits per heavy atom. The molecule has 0 unspecified atom stereocenters. The molecule has 2 heterocycles. The van der Waals surface area contributed by atoms with E-state index in [1.54, 1.807) is 29.4 Å². The number of aryl methyl sites for hydroxylation is 2. The molecule has 0 aliphatic heterocycles. The Morgan fingerprint density at radius 2 is 2.04 bits per heavy atom. The van der Waals surface area contributed by atoms with E-state index in [9.17, 15) is 9.59 Å². The van der Waals surface area contributed by atoms with Crippen molar-refractivity contribution < 1.29 is 14.3 Å². The van der Waals surface area contributed by atoms with Crippen LogP contribution in [0.15, 0.2) is 35.0 Å². The summed E-state index contributed by atoms with van der Waals surface area (Å²) in [5, 5.41) is 4.94. The van der Waals surface area contributed by atoms with Gasteiger partial charge in [-0.3, -0.25) is 4.79 Å². The molecule has 0 fully saturated rings. The van der Waals surface area contributed by atoms with Gasteiger partial charge in [-0.05, 0) is 59.5 Å². The molecule has 130 valence electrons. The van der Waals surface area contributed by atoms with Crippen LogP contribution in [0.3, 0.4) is 0 Å². The Labute approximate surface area is 150 Å². The van der Waals surface area contributed by atoms with Crippen molar-refractivity contribution in [2.24, 2.45) is 0 Å². The number of likely N-dealkylation sites (N-methyl/N-ethyl adjacent to an activating group) is 1. The van der Waals surface area contributed by atoms with Crippen molar-refractivity contribution in [3.05, 3.63) is 57.4 Å². The third-order valence-electron chi connectivity index (χ3n) is 4.06. The van der Waals surface area contributed by atoms with E-state index in [2.05, 4.69) is 11.1 Å². The number of fused-ring (bicyclic) bond motifs is 1. The van der Waals surface area contributed by atoms with Gasteiger partial charge in [0.15, 0.2) is 6.61 Å². The van der Waals surface area contributed by atoms with Crippen molar-refractivity contribution >= 4 is 34.1 Å². The number of amides is 1. The summed E-state index contributed by atoms with van der Waals surface area (Å²) in [5.74, 6) is -0.756. The molecule has 3 rings (SSSR count). The average molecular weight is 356 g/mol. The monoisotopic (exact) mass is 356 g/mol. The zero-order valence-electron chi connectivity index (χ0n) is 14.5. The minimum absolute atomic E-state index is 0.234. The van der Waals surface area contributed by atoms with E-state index in [0.29, 0.717) is 12.2 Å². The fourth-order valence-corrected chi connectivity index (χ4v) is 3.43. The highest BCUT2D eigenvalue weighted by molar-refractivity contribution is 7.07. The van der Waals surface area contributed by atoms with Gasteiger partial charge in [0.2, 0.25) is 0 Å². The molecule has 1 aromatic carbocycles. The molecular formula is C19H20N2O3S. The molecule has 0 saturated carbocycles.